The van der Waals surface area contributed by atoms with Crippen LogP contribution in [0, 0.1) is 6.92 Å². The molecule has 2 heterocycles. The summed E-state index contributed by atoms with van der Waals surface area (Å²) in [4.78, 5) is 4.33. The number of nitrogens with zero attached hydrogens (tertiary/aromatic N) is 3. The normalized spacial score (nSPS) is 11.5. The van der Waals surface area contributed by atoms with Crippen LogP contribution in [-0.4, -0.2) is 36.0 Å². The number of sulfone groups is 1. The number of methoxy groups -OCH3 is 1. The molecule has 0 atom stereocenters. The SMILES string of the molecule is CCS(=O)(=O)c1ccc(Cl)nc1-n1ncc(-c2ccc(OC)cc2)c1C. The van der Waals surface area contributed by atoms with Gasteiger partial charge in [0.1, 0.15) is 15.8 Å². The van der Waals surface area contributed by atoms with E-state index in [2.05, 4.69) is 10.1 Å². The van der Waals surface area contributed by atoms with Crippen molar-refractivity contribution >= 4 is 21.4 Å². The summed E-state index contributed by atoms with van der Waals surface area (Å²) in [7, 11) is -1.86. The number of rotatable bonds is 5. The van der Waals surface area contributed by atoms with E-state index in [1.165, 1.54) is 16.8 Å². The van der Waals surface area contributed by atoms with Gasteiger partial charge in [0.05, 0.1) is 24.8 Å². The molecular weight excluding hydrogens is 374 g/mol. The Labute approximate surface area is 157 Å². The van der Waals surface area contributed by atoms with E-state index in [-0.39, 0.29) is 21.6 Å². The van der Waals surface area contributed by atoms with Crippen molar-refractivity contribution in [2.24, 2.45) is 0 Å². The van der Waals surface area contributed by atoms with Crippen molar-refractivity contribution in [2.45, 2.75) is 18.7 Å². The molecule has 0 aliphatic carbocycles. The molecule has 0 unspecified atom stereocenters. The molecule has 1 aromatic carbocycles. The predicted octanol–water partition coefficient (Wildman–Crippen LogP) is 3.70. The Morgan fingerprint density at radius 2 is 1.85 bits per heavy atom. The molecule has 0 aliphatic rings. The predicted molar refractivity (Wildman–Crippen MR) is 101 cm³/mol. The number of aromatic nitrogens is 3. The Balaban J connectivity index is 2.15. The lowest BCUT2D eigenvalue weighted by Gasteiger charge is -2.11. The molecule has 0 spiro atoms. The lowest BCUT2D eigenvalue weighted by atomic mass is 10.1. The monoisotopic (exact) mass is 391 g/mol. The topological polar surface area (TPSA) is 74.1 Å². The molecule has 136 valence electrons. The minimum atomic E-state index is -3.47. The zero-order valence-electron chi connectivity index (χ0n) is 14.6. The second-order valence-corrected chi connectivity index (χ2v) is 8.28. The highest BCUT2D eigenvalue weighted by Gasteiger charge is 2.22. The number of ether oxygens (including phenoxy) is 1. The Bertz CT molecular complexity index is 1040. The van der Waals surface area contributed by atoms with Gasteiger partial charge in [-0.2, -0.15) is 5.10 Å². The van der Waals surface area contributed by atoms with Crippen molar-refractivity contribution < 1.29 is 13.2 Å². The smallest absolute Gasteiger partial charge is 0.181 e. The minimum Gasteiger partial charge on any atom is -0.497 e. The van der Waals surface area contributed by atoms with Crippen LogP contribution in [0.3, 0.4) is 0 Å². The molecule has 2 aromatic heterocycles. The highest BCUT2D eigenvalue weighted by molar-refractivity contribution is 7.91. The Hall–Kier alpha value is -2.38. The van der Waals surface area contributed by atoms with E-state index in [1.807, 2.05) is 31.2 Å². The maximum atomic E-state index is 12.4. The fraction of sp³-hybridized carbons (Fsp3) is 0.222. The van der Waals surface area contributed by atoms with Gasteiger partial charge < -0.3 is 4.74 Å². The number of hydrogen-bond acceptors (Lipinski definition) is 5. The van der Waals surface area contributed by atoms with E-state index in [9.17, 15) is 8.42 Å². The van der Waals surface area contributed by atoms with E-state index in [1.54, 1.807) is 20.2 Å². The van der Waals surface area contributed by atoms with Crippen LogP contribution in [0.5, 0.6) is 5.75 Å². The summed E-state index contributed by atoms with van der Waals surface area (Å²) in [6.45, 7) is 3.45. The van der Waals surface area contributed by atoms with Gasteiger partial charge in [0, 0.05) is 5.56 Å². The van der Waals surface area contributed by atoms with Crippen LogP contribution in [0.2, 0.25) is 5.15 Å². The molecule has 0 fully saturated rings. The standard InChI is InChI=1S/C18H18ClN3O3S/c1-4-26(23,24)16-9-10-17(19)21-18(16)22-12(2)15(11-20-22)13-5-7-14(25-3)8-6-13/h5-11H,4H2,1-3H3. The van der Waals surface area contributed by atoms with Gasteiger partial charge in [-0.25, -0.2) is 18.1 Å². The molecule has 0 bridgehead atoms. The quantitative estimate of drug-likeness (QED) is 0.620. The van der Waals surface area contributed by atoms with Gasteiger partial charge in [-0.3, -0.25) is 0 Å². The van der Waals surface area contributed by atoms with Crippen molar-refractivity contribution in [3.63, 3.8) is 0 Å². The van der Waals surface area contributed by atoms with Gasteiger partial charge in [-0.15, -0.1) is 0 Å². The second kappa shape index (κ2) is 7.09. The average Bonchev–Trinajstić information content (AvgIpc) is 3.03. The molecule has 6 nitrogen and oxygen atoms in total. The summed E-state index contributed by atoms with van der Waals surface area (Å²) in [5.74, 6) is 0.929. The molecule has 0 radical (unpaired) electrons. The summed E-state index contributed by atoms with van der Waals surface area (Å²) in [5, 5.41) is 4.56. The molecule has 0 N–H and O–H groups in total. The van der Waals surface area contributed by atoms with E-state index < -0.39 is 9.84 Å². The van der Waals surface area contributed by atoms with Gasteiger partial charge >= 0.3 is 0 Å². The number of benzene rings is 1. The van der Waals surface area contributed by atoms with Gasteiger partial charge in [0.2, 0.25) is 0 Å². The van der Waals surface area contributed by atoms with Crippen molar-refractivity contribution in [2.75, 3.05) is 12.9 Å². The fourth-order valence-electron chi connectivity index (χ4n) is 2.64. The molecule has 3 rings (SSSR count). The lowest BCUT2D eigenvalue weighted by Crippen LogP contribution is -2.12. The zero-order valence-corrected chi connectivity index (χ0v) is 16.2. The van der Waals surface area contributed by atoms with E-state index in [0.717, 1.165) is 22.6 Å². The Kier molecular flexibility index (Phi) is 5.02. The fourth-order valence-corrected chi connectivity index (χ4v) is 3.78. The van der Waals surface area contributed by atoms with Crippen molar-refractivity contribution in [3.8, 4) is 22.7 Å². The van der Waals surface area contributed by atoms with Gasteiger partial charge in [-0.1, -0.05) is 30.7 Å². The van der Waals surface area contributed by atoms with Crippen LogP contribution in [0.4, 0.5) is 0 Å². The third kappa shape index (κ3) is 3.32. The highest BCUT2D eigenvalue weighted by Crippen LogP contribution is 2.29. The van der Waals surface area contributed by atoms with Crippen LogP contribution in [0.15, 0.2) is 47.5 Å². The summed E-state index contributed by atoms with van der Waals surface area (Å²) in [6, 6.07) is 10.5. The maximum absolute atomic E-state index is 12.4. The average molecular weight is 392 g/mol. The van der Waals surface area contributed by atoms with E-state index in [0.29, 0.717) is 0 Å². The zero-order chi connectivity index (χ0) is 18.9. The summed E-state index contributed by atoms with van der Waals surface area (Å²) < 4.78 is 31.5. The van der Waals surface area contributed by atoms with Crippen molar-refractivity contribution in [1.82, 2.24) is 14.8 Å². The molecule has 0 amide bonds. The van der Waals surface area contributed by atoms with Crippen LogP contribution < -0.4 is 4.74 Å². The minimum absolute atomic E-state index is 0.0328. The third-order valence-corrected chi connectivity index (χ3v) is 6.09. The molecule has 0 saturated carbocycles. The Morgan fingerprint density at radius 3 is 2.46 bits per heavy atom. The number of pyridine rings is 1. The van der Waals surface area contributed by atoms with Gasteiger partial charge in [0.25, 0.3) is 0 Å². The molecule has 0 aliphatic heterocycles. The van der Waals surface area contributed by atoms with Gasteiger partial charge in [-0.05, 0) is 36.8 Å². The van der Waals surface area contributed by atoms with Crippen molar-refractivity contribution in [1.29, 1.82) is 0 Å². The third-order valence-electron chi connectivity index (χ3n) is 4.13. The molecular formula is C18H18ClN3O3S. The van der Waals surface area contributed by atoms with E-state index >= 15 is 0 Å². The first-order chi connectivity index (χ1) is 12.4. The van der Waals surface area contributed by atoms with E-state index in [4.69, 9.17) is 16.3 Å². The summed E-state index contributed by atoms with van der Waals surface area (Å²) in [6.07, 6.45) is 1.68. The lowest BCUT2D eigenvalue weighted by molar-refractivity contribution is 0.415. The van der Waals surface area contributed by atoms with Crippen LogP contribution in [0.1, 0.15) is 12.6 Å². The molecule has 8 heteroatoms. The summed E-state index contributed by atoms with van der Waals surface area (Å²) in [5.41, 5.74) is 2.57. The first-order valence-electron chi connectivity index (χ1n) is 7.96. The summed E-state index contributed by atoms with van der Waals surface area (Å²) >= 11 is 6.01. The van der Waals surface area contributed by atoms with Crippen LogP contribution in [-0.2, 0) is 9.84 Å². The molecule has 0 saturated heterocycles. The molecule has 3 aromatic rings. The largest absolute Gasteiger partial charge is 0.497 e. The highest BCUT2D eigenvalue weighted by atomic mass is 35.5. The number of hydrogen-bond donors (Lipinski definition) is 0. The second-order valence-electron chi connectivity index (χ2n) is 5.64. The van der Waals surface area contributed by atoms with Gasteiger partial charge in [0.15, 0.2) is 15.7 Å². The molecule has 26 heavy (non-hydrogen) atoms. The maximum Gasteiger partial charge on any atom is 0.181 e. The van der Waals surface area contributed by atoms with Crippen molar-refractivity contribution in [3.05, 3.63) is 53.4 Å². The number of halogens is 1. The van der Waals surface area contributed by atoms with Crippen LogP contribution in [0.25, 0.3) is 16.9 Å². The van der Waals surface area contributed by atoms with Crippen LogP contribution >= 0.6 is 11.6 Å². The first kappa shape index (κ1) is 18.4. The Morgan fingerprint density at radius 1 is 1.15 bits per heavy atom. The first-order valence-corrected chi connectivity index (χ1v) is 9.99.